The standard InChI is InChI=1S/C30H22N2O6/c1-17(33)19-9-13-22(14-10-19)31-27(34)18(2)38-30(37)21-11-15-23(16-12-21)32-28(35)24-7-3-5-20-6-4-8-25(26(20)24)29(32)36/h3-16,18H,1-2H3,(H,31,34)/t18-/m1/s1. The van der Waals surface area contributed by atoms with E-state index >= 15 is 0 Å². The molecule has 0 aromatic heterocycles. The molecule has 8 nitrogen and oxygen atoms in total. The SMILES string of the molecule is CC(=O)c1ccc(NC(=O)[C@@H](C)OC(=O)c2ccc(N3C(=O)c4cccc5cccc(c45)C3=O)cc2)cc1. The fourth-order valence-electron chi connectivity index (χ4n) is 4.33. The maximum Gasteiger partial charge on any atom is 0.338 e. The second kappa shape index (κ2) is 9.74. The molecule has 1 aliphatic heterocycles. The summed E-state index contributed by atoms with van der Waals surface area (Å²) >= 11 is 0. The molecule has 1 aliphatic rings. The van der Waals surface area contributed by atoms with Gasteiger partial charge in [0.05, 0.1) is 11.3 Å². The lowest BCUT2D eigenvalue weighted by atomic mass is 9.94. The van der Waals surface area contributed by atoms with E-state index in [1.54, 1.807) is 48.5 Å². The minimum absolute atomic E-state index is 0.0904. The molecule has 4 aromatic carbocycles. The lowest BCUT2D eigenvalue weighted by molar-refractivity contribution is -0.123. The van der Waals surface area contributed by atoms with E-state index in [2.05, 4.69) is 5.32 Å². The third-order valence-electron chi connectivity index (χ3n) is 6.34. The summed E-state index contributed by atoms with van der Waals surface area (Å²) in [5.74, 6) is -2.26. The number of amides is 3. The van der Waals surface area contributed by atoms with Gasteiger partial charge < -0.3 is 10.1 Å². The molecule has 8 heteroatoms. The summed E-state index contributed by atoms with van der Waals surface area (Å²) in [5.41, 5.74) is 2.29. The number of esters is 1. The number of anilines is 2. The number of benzene rings is 4. The van der Waals surface area contributed by atoms with Gasteiger partial charge in [0.25, 0.3) is 17.7 Å². The van der Waals surface area contributed by atoms with Crippen molar-refractivity contribution < 1.29 is 28.7 Å². The highest BCUT2D eigenvalue weighted by molar-refractivity contribution is 6.35. The second-order valence-electron chi connectivity index (χ2n) is 8.87. The predicted octanol–water partition coefficient (Wildman–Crippen LogP) is 5.03. The summed E-state index contributed by atoms with van der Waals surface area (Å²) in [6, 6.07) is 22.8. The van der Waals surface area contributed by atoms with Crippen molar-refractivity contribution >= 4 is 51.6 Å². The average molecular weight is 507 g/mol. The van der Waals surface area contributed by atoms with Crippen molar-refractivity contribution in [2.75, 3.05) is 10.2 Å². The molecule has 1 N–H and O–H groups in total. The number of nitrogens with zero attached hydrogens (tertiary/aromatic N) is 1. The Kier molecular flexibility index (Phi) is 6.30. The largest absolute Gasteiger partial charge is 0.449 e. The van der Waals surface area contributed by atoms with Crippen LogP contribution >= 0.6 is 0 Å². The first-order valence-electron chi connectivity index (χ1n) is 11.9. The van der Waals surface area contributed by atoms with Gasteiger partial charge in [-0.15, -0.1) is 0 Å². The quantitative estimate of drug-likeness (QED) is 0.223. The smallest absolute Gasteiger partial charge is 0.338 e. The number of ether oxygens (including phenoxy) is 1. The first-order valence-corrected chi connectivity index (χ1v) is 11.9. The maximum atomic E-state index is 13.2. The molecule has 0 unspecified atom stereocenters. The van der Waals surface area contributed by atoms with E-state index in [1.807, 2.05) is 12.1 Å². The van der Waals surface area contributed by atoms with E-state index in [-0.39, 0.29) is 11.3 Å². The summed E-state index contributed by atoms with van der Waals surface area (Å²) in [5, 5.41) is 4.07. The first-order chi connectivity index (χ1) is 18.2. The molecule has 0 spiro atoms. The Morgan fingerprint density at radius 3 is 1.87 bits per heavy atom. The van der Waals surface area contributed by atoms with Gasteiger partial charge in [0.1, 0.15) is 0 Å². The Morgan fingerprint density at radius 2 is 1.32 bits per heavy atom. The maximum absolute atomic E-state index is 13.2. The zero-order chi connectivity index (χ0) is 27.0. The molecule has 0 radical (unpaired) electrons. The summed E-state index contributed by atoms with van der Waals surface area (Å²) < 4.78 is 5.29. The third kappa shape index (κ3) is 4.43. The molecule has 0 bridgehead atoms. The minimum atomic E-state index is -1.10. The van der Waals surface area contributed by atoms with E-state index in [1.165, 1.54) is 38.1 Å². The lowest BCUT2D eigenvalue weighted by Crippen LogP contribution is -2.40. The Hall–Kier alpha value is -5.11. The molecule has 38 heavy (non-hydrogen) atoms. The van der Waals surface area contributed by atoms with Crippen molar-refractivity contribution in [2.45, 2.75) is 20.0 Å². The number of nitrogens with one attached hydrogen (secondary N) is 1. The highest BCUT2D eigenvalue weighted by Gasteiger charge is 2.34. The molecular weight excluding hydrogens is 484 g/mol. The molecule has 188 valence electrons. The van der Waals surface area contributed by atoms with E-state index in [0.29, 0.717) is 33.5 Å². The van der Waals surface area contributed by atoms with Gasteiger partial charge in [-0.2, -0.15) is 0 Å². The van der Waals surface area contributed by atoms with Crippen LogP contribution in [-0.2, 0) is 9.53 Å². The highest BCUT2D eigenvalue weighted by Crippen LogP contribution is 2.32. The van der Waals surface area contributed by atoms with Crippen molar-refractivity contribution in [3.8, 4) is 0 Å². The molecule has 0 aliphatic carbocycles. The molecule has 0 fully saturated rings. The van der Waals surface area contributed by atoms with E-state index < -0.39 is 29.8 Å². The Morgan fingerprint density at radius 1 is 0.763 bits per heavy atom. The van der Waals surface area contributed by atoms with E-state index in [9.17, 15) is 24.0 Å². The fourth-order valence-corrected chi connectivity index (χ4v) is 4.33. The van der Waals surface area contributed by atoms with Crippen molar-refractivity contribution in [1.29, 1.82) is 0 Å². The van der Waals surface area contributed by atoms with Gasteiger partial charge in [0.15, 0.2) is 11.9 Å². The highest BCUT2D eigenvalue weighted by atomic mass is 16.5. The van der Waals surface area contributed by atoms with E-state index in [4.69, 9.17) is 4.74 Å². The van der Waals surface area contributed by atoms with Crippen LogP contribution in [0, 0.1) is 0 Å². The summed E-state index contributed by atoms with van der Waals surface area (Å²) in [7, 11) is 0. The van der Waals surface area contributed by atoms with Crippen molar-refractivity contribution in [3.63, 3.8) is 0 Å². The summed E-state index contributed by atoms with van der Waals surface area (Å²) in [4.78, 5) is 64.0. The predicted molar refractivity (Wildman–Crippen MR) is 141 cm³/mol. The number of hydrogen-bond acceptors (Lipinski definition) is 6. The van der Waals surface area contributed by atoms with Crippen LogP contribution in [0.2, 0.25) is 0 Å². The van der Waals surface area contributed by atoms with Crippen LogP contribution in [0.4, 0.5) is 11.4 Å². The Bertz CT molecular complexity index is 1570. The molecular formula is C30H22N2O6. The average Bonchev–Trinajstić information content (AvgIpc) is 2.92. The third-order valence-corrected chi connectivity index (χ3v) is 6.34. The number of hydrogen-bond donors (Lipinski definition) is 1. The van der Waals surface area contributed by atoms with Gasteiger partial charge in [-0.3, -0.25) is 19.2 Å². The van der Waals surface area contributed by atoms with Gasteiger partial charge >= 0.3 is 5.97 Å². The van der Waals surface area contributed by atoms with Crippen LogP contribution in [0.1, 0.15) is 55.3 Å². The fraction of sp³-hybridized carbons (Fsp3) is 0.100. The van der Waals surface area contributed by atoms with E-state index in [0.717, 1.165) is 10.3 Å². The number of carbonyl (C=O) groups is 5. The number of imide groups is 1. The zero-order valence-electron chi connectivity index (χ0n) is 20.6. The summed E-state index contributed by atoms with van der Waals surface area (Å²) in [6.45, 7) is 2.89. The van der Waals surface area contributed by atoms with Crippen LogP contribution in [0.5, 0.6) is 0 Å². The van der Waals surface area contributed by atoms with Crippen molar-refractivity contribution in [2.24, 2.45) is 0 Å². The molecule has 0 saturated heterocycles. The zero-order valence-corrected chi connectivity index (χ0v) is 20.6. The van der Waals surface area contributed by atoms with Gasteiger partial charge in [0.2, 0.25) is 0 Å². The van der Waals surface area contributed by atoms with Crippen LogP contribution < -0.4 is 10.2 Å². The van der Waals surface area contributed by atoms with Crippen molar-refractivity contribution in [3.05, 3.63) is 107 Å². The normalized spacial score (nSPS) is 13.3. The molecule has 0 saturated carbocycles. The topological polar surface area (TPSA) is 110 Å². The lowest BCUT2D eigenvalue weighted by Gasteiger charge is -2.27. The molecule has 3 amide bonds. The minimum Gasteiger partial charge on any atom is -0.449 e. The number of carbonyl (C=O) groups excluding carboxylic acids is 5. The molecule has 5 rings (SSSR count). The first kappa shape index (κ1) is 24.6. The van der Waals surface area contributed by atoms with Crippen LogP contribution in [0.3, 0.4) is 0 Å². The van der Waals surface area contributed by atoms with Crippen LogP contribution in [-0.4, -0.2) is 35.6 Å². The molecule has 4 aromatic rings. The van der Waals surface area contributed by atoms with Crippen LogP contribution in [0.25, 0.3) is 10.8 Å². The number of rotatable bonds is 6. The number of ketones is 1. The molecule has 1 atom stereocenters. The van der Waals surface area contributed by atoms with Gasteiger partial charge in [0, 0.05) is 27.8 Å². The monoisotopic (exact) mass is 506 g/mol. The Labute approximate surface area is 217 Å². The van der Waals surface area contributed by atoms with Gasteiger partial charge in [-0.25, -0.2) is 9.69 Å². The van der Waals surface area contributed by atoms with Crippen LogP contribution in [0.15, 0.2) is 84.9 Å². The summed E-state index contributed by atoms with van der Waals surface area (Å²) in [6.07, 6.45) is -1.10. The van der Waals surface area contributed by atoms with Gasteiger partial charge in [-0.05, 0) is 79.9 Å². The second-order valence-corrected chi connectivity index (χ2v) is 8.87. The van der Waals surface area contributed by atoms with Gasteiger partial charge in [-0.1, -0.05) is 24.3 Å². The Balaban J connectivity index is 1.28. The number of Topliss-reactive ketones (excluding diaryl/α,β-unsaturated/α-hetero) is 1. The van der Waals surface area contributed by atoms with Crippen molar-refractivity contribution in [1.82, 2.24) is 0 Å². The molecule has 1 heterocycles.